The molecule has 0 unspecified atom stereocenters. The molecule has 7 nitrogen and oxygen atoms in total. The number of halogens is 2. The zero-order valence-corrected chi connectivity index (χ0v) is 29.8. The highest BCUT2D eigenvalue weighted by atomic mass is 35.5. The second-order valence-electron chi connectivity index (χ2n) is 13.5. The van der Waals surface area contributed by atoms with E-state index in [4.69, 9.17) is 11.6 Å². The maximum absolute atomic E-state index is 13.4. The molecule has 3 aliphatic carbocycles. The quantitative estimate of drug-likeness (QED) is 0.164. The van der Waals surface area contributed by atoms with E-state index in [0.717, 1.165) is 62.1 Å². The normalized spacial score (nSPS) is 22.0. The minimum atomic E-state index is -0.505. The topological polar surface area (TPSA) is 94.3 Å². The van der Waals surface area contributed by atoms with Crippen LogP contribution in [0.15, 0.2) is 54.3 Å². The molecule has 1 aromatic carbocycles. The standard InChI is InChI=1S/C20H29ClFN3O.C15H23NO.C2H7N/c1-5-20(3,4)25-13(2)12-23-17-6-7-18(11-17)24-19(26)14-8-15(21)10-16(22)9-14;1-2-6-12-9-10-14(11-12)16-15(17)13-7-4-3-5-8-13;1-3-2/h8-10,17-18,23,25H,2,5-7,11-12H2,1,3-4H3,(H,24,26);4,7-8,12,14H,2-3,5-6,9-11H2,1H3,(H,16,17);3H,1-2H3/t17-,18-;12-,14-;/m10./s1. The van der Waals surface area contributed by atoms with Crippen LogP contribution in [-0.4, -0.2) is 56.1 Å². The number of benzene rings is 1. The van der Waals surface area contributed by atoms with Gasteiger partial charge in [-0.05, 0) is 110 Å². The summed E-state index contributed by atoms with van der Waals surface area (Å²) in [6.07, 6.45) is 18.1. The summed E-state index contributed by atoms with van der Waals surface area (Å²) in [6.45, 7) is 13.5. The molecular formula is C37H59ClFN5O2. The molecule has 0 saturated heterocycles. The number of hydrogen-bond acceptors (Lipinski definition) is 5. The summed E-state index contributed by atoms with van der Waals surface area (Å²) in [6, 6.07) is 4.70. The summed E-state index contributed by atoms with van der Waals surface area (Å²) in [5.74, 6) is 0.173. The smallest absolute Gasteiger partial charge is 0.251 e. The lowest BCUT2D eigenvalue weighted by Crippen LogP contribution is -2.42. The van der Waals surface area contributed by atoms with Crippen LogP contribution in [-0.2, 0) is 4.79 Å². The number of rotatable bonds is 12. The predicted octanol–water partition coefficient (Wildman–Crippen LogP) is 7.19. The van der Waals surface area contributed by atoms with E-state index in [1.807, 2.05) is 26.2 Å². The highest BCUT2D eigenvalue weighted by Crippen LogP contribution is 2.29. The fourth-order valence-electron chi connectivity index (χ4n) is 6.06. The summed E-state index contributed by atoms with van der Waals surface area (Å²) >= 11 is 5.82. The predicted molar refractivity (Wildman–Crippen MR) is 191 cm³/mol. The molecule has 0 spiro atoms. The number of carbonyl (C=O) groups excluding carboxylic acids is 2. The monoisotopic (exact) mass is 659 g/mol. The highest BCUT2D eigenvalue weighted by molar-refractivity contribution is 6.31. The molecule has 4 atom stereocenters. The van der Waals surface area contributed by atoms with E-state index in [9.17, 15) is 14.0 Å². The van der Waals surface area contributed by atoms with Gasteiger partial charge in [-0.1, -0.05) is 63.1 Å². The SMILES string of the molecule is C=C(CN[C@@H]1CC[C@@H](NC(=O)c2cc(F)cc(Cl)c2)C1)NC(C)(C)CC.CCC[C@H]1CC[C@H](NC(=O)C2=CCCC=C2)C1.CNC. The fraction of sp³-hybridized carbons (Fsp3) is 0.622. The second-order valence-corrected chi connectivity index (χ2v) is 13.9. The first-order valence-electron chi connectivity index (χ1n) is 17.1. The van der Waals surface area contributed by atoms with Crippen molar-refractivity contribution < 1.29 is 14.0 Å². The van der Waals surface area contributed by atoms with Gasteiger partial charge in [-0.2, -0.15) is 0 Å². The Hall–Kier alpha value is -2.68. The summed E-state index contributed by atoms with van der Waals surface area (Å²) < 4.78 is 13.4. The first-order chi connectivity index (χ1) is 21.9. The van der Waals surface area contributed by atoms with Gasteiger partial charge in [0.2, 0.25) is 0 Å². The van der Waals surface area contributed by atoms with Gasteiger partial charge in [-0.3, -0.25) is 9.59 Å². The summed E-state index contributed by atoms with van der Waals surface area (Å²) in [4.78, 5) is 24.3. The van der Waals surface area contributed by atoms with E-state index >= 15 is 0 Å². The van der Waals surface area contributed by atoms with E-state index in [1.165, 1.54) is 43.9 Å². The molecule has 5 N–H and O–H groups in total. The Morgan fingerprint density at radius 3 is 2.24 bits per heavy atom. The molecule has 0 aromatic heterocycles. The lowest BCUT2D eigenvalue weighted by molar-refractivity contribution is -0.117. The van der Waals surface area contributed by atoms with Gasteiger partial charge >= 0.3 is 0 Å². The van der Waals surface area contributed by atoms with Crippen LogP contribution in [0.25, 0.3) is 0 Å². The second kappa shape index (κ2) is 20.5. The fourth-order valence-corrected chi connectivity index (χ4v) is 6.28. The molecule has 4 rings (SSSR count). The Labute approximate surface area is 282 Å². The zero-order valence-electron chi connectivity index (χ0n) is 29.0. The molecular weight excluding hydrogens is 601 g/mol. The van der Waals surface area contributed by atoms with Crippen molar-refractivity contribution in [2.24, 2.45) is 5.92 Å². The lowest BCUT2D eigenvalue weighted by Gasteiger charge is -2.28. The van der Waals surface area contributed by atoms with Crippen LogP contribution in [0.1, 0.15) is 109 Å². The van der Waals surface area contributed by atoms with Crippen molar-refractivity contribution in [2.75, 3.05) is 20.6 Å². The maximum atomic E-state index is 13.4. The van der Waals surface area contributed by atoms with E-state index < -0.39 is 5.82 Å². The Morgan fingerprint density at radius 2 is 1.61 bits per heavy atom. The third-order valence-electron chi connectivity index (χ3n) is 8.73. The largest absolute Gasteiger partial charge is 0.383 e. The van der Waals surface area contributed by atoms with Crippen LogP contribution in [0.4, 0.5) is 4.39 Å². The first-order valence-corrected chi connectivity index (χ1v) is 17.5. The van der Waals surface area contributed by atoms with Crippen LogP contribution in [0.2, 0.25) is 5.02 Å². The Kier molecular flexibility index (Phi) is 17.6. The summed E-state index contributed by atoms with van der Waals surface area (Å²) in [5, 5.41) is 16.1. The van der Waals surface area contributed by atoms with Crippen LogP contribution in [0.3, 0.4) is 0 Å². The number of allylic oxidation sites excluding steroid dienone is 2. The van der Waals surface area contributed by atoms with Crippen LogP contribution in [0, 0.1) is 11.7 Å². The number of carbonyl (C=O) groups is 2. The van der Waals surface area contributed by atoms with Gasteiger partial charge < -0.3 is 26.6 Å². The molecule has 3 aliphatic rings. The molecule has 0 heterocycles. The van der Waals surface area contributed by atoms with Gasteiger partial charge in [-0.15, -0.1) is 0 Å². The van der Waals surface area contributed by atoms with Crippen molar-refractivity contribution in [3.05, 3.63) is 70.7 Å². The van der Waals surface area contributed by atoms with Crippen molar-refractivity contribution in [3.8, 4) is 0 Å². The average molecular weight is 660 g/mol. The van der Waals surface area contributed by atoms with Gasteiger partial charge in [0, 0.05) is 52.1 Å². The van der Waals surface area contributed by atoms with Crippen molar-refractivity contribution in [2.45, 2.75) is 122 Å². The summed E-state index contributed by atoms with van der Waals surface area (Å²) in [5.41, 5.74) is 2.12. The molecule has 0 radical (unpaired) electrons. The highest BCUT2D eigenvalue weighted by Gasteiger charge is 2.27. The Morgan fingerprint density at radius 1 is 0.957 bits per heavy atom. The first kappa shape index (κ1) is 39.5. The van der Waals surface area contributed by atoms with Crippen molar-refractivity contribution >= 4 is 23.4 Å². The van der Waals surface area contributed by atoms with Crippen molar-refractivity contribution in [3.63, 3.8) is 0 Å². The Balaban J connectivity index is 0.000000316. The van der Waals surface area contributed by atoms with Gasteiger partial charge in [0.15, 0.2) is 0 Å². The van der Waals surface area contributed by atoms with Crippen LogP contribution in [0.5, 0.6) is 0 Å². The third-order valence-corrected chi connectivity index (χ3v) is 8.94. The summed E-state index contributed by atoms with van der Waals surface area (Å²) in [7, 11) is 3.75. The van der Waals surface area contributed by atoms with Crippen LogP contribution < -0.4 is 26.6 Å². The van der Waals surface area contributed by atoms with Gasteiger partial charge in [0.05, 0.1) is 0 Å². The van der Waals surface area contributed by atoms with E-state index in [-0.39, 0.29) is 34.0 Å². The molecule has 46 heavy (non-hydrogen) atoms. The number of hydrogen-bond donors (Lipinski definition) is 5. The number of amides is 2. The number of nitrogens with one attached hydrogen (secondary N) is 5. The van der Waals surface area contributed by atoms with E-state index in [0.29, 0.717) is 18.6 Å². The van der Waals surface area contributed by atoms with Crippen molar-refractivity contribution in [1.82, 2.24) is 26.6 Å². The molecule has 258 valence electrons. The lowest BCUT2D eigenvalue weighted by atomic mass is 10.0. The minimum absolute atomic E-state index is 0.0389. The zero-order chi connectivity index (χ0) is 34.1. The molecule has 0 aliphatic heterocycles. The van der Waals surface area contributed by atoms with E-state index in [2.05, 4.69) is 66.9 Å². The van der Waals surface area contributed by atoms with E-state index in [1.54, 1.807) is 0 Å². The van der Waals surface area contributed by atoms with Crippen molar-refractivity contribution in [1.29, 1.82) is 0 Å². The minimum Gasteiger partial charge on any atom is -0.383 e. The maximum Gasteiger partial charge on any atom is 0.251 e. The molecule has 2 fully saturated rings. The van der Waals surface area contributed by atoms with Gasteiger partial charge in [-0.25, -0.2) is 4.39 Å². The molecule has 9 heteroatoms. The van der Waals surface area contributed by atoms with Crippen LogP contribution >= 0.6 is 11.6 Å². The molecule has 1 aromatic rings. The third kappa shape index (κ3) is 14.8. The van der Waals surface area contributed by atoms with Gasteiger partial charge in [0.25, 0.3) is 11.8 Å². The van der Waals surface area contributed by atoms with Gasteiger partial charge in [0.1, 0.15) is 5.82 Å². The molecule has 0 bridgehead atoms. The Bertz CT molecular complexity index is 1160. The molecule has 2 amide bonds. The average Bonchev–Trinajstić information content (AvgIpc) is 3.66. The molecule has 2 saturated carbocycles.